The Morgan fingerprint density at radius 2 is 2.11 bits per heavy atom. The molecule has 0 aliphatic carbocycles. The van der Waals surface area contributed by atoms with Crippen LogP contribution in [0.4, 0.5) is 17.5 Å². The minimum atomic E-state index is 0.551. The van der Waals surface area contributed by atoms with Crippen molar-refractivity contribution in [2.45, 2.75) is 20.0 Å². The molecule has 0 amide bonds. The van der Waals surface area contributed by atoms with Crippen LogP contribution < -0.4 is 20.7 Å². The second kappa shape index (κ2) is 7.24. The quantitative estimate of drug-likeness (QED) is 0.640. The average Bonchev–Trinajstić information content (AvgIpc) is 3.11. The molecule has 140 valence electrons. The molecule has 1 aliphatic rings. The Kier molecular flexibility index (Phi) is 4.64. The number of benzene rings is 1. The zero-order valence-electron chi connectivity index (χ0n) is 15.7. The molecule has 4 rings (SSSR count). The molecule has 0 atom stereocenters. The Hall–Kier alpha value is -3.13. The fourth-order valence-electron chi connectivity index (χ4n) is 3.28. The molecule has 0 saturated carbocycles. The van der Waals surface area contributed by atoms with E-state index >= 15 is 0 Å². The molecule has 8 heteroatoms. The number of methoxy groups -OCH3 is 1. The molecule has 0 radical (unpaired) electrons. The molecule has 8 nitrogen and oxygen atoms in total. The fraction of sp³-hybridized carbons (Fsp3) is 0.316. The second-order valence-electron chi connectivity index (χ2n) is 6.40. The van der Waals surface area contributed by atoms with Crippen molar-refractivity contribution in [3.05, 3.63) is 42.0 Å². The lowest BCUT2D eigenvalue weighted by Gasteiger charge is -2.19. The van der Waals surface area contributed by atoms with Crippen molar-refractivity contribution >= 4 is 17.5 Å². The zero-order valence-corrected chi connectivity index (χ0v) is 15.7. The minimum Gasteiger partial charge on any atom is -0.496 e. The van der Waals surface area contributed by atoms with Crippen molar-refractivity contribution in [2.24, 2.45) is 0 Å². The molecule has 1 aliphatic heterocycles. The van der Waals surface area contributed by atoms with Gasteiger partial charge in [0.25, 0.3) is 0 Å². The highest BCUT2D eigenvalue weighted by molar-refractivity contribution is 5.73. The lowest BCUT2D eigenvalue weighted by atomic mass is 10.1. The molecule has 0 unspecified atom stereocenters. The number of aromatic nitrogens is 4. The first-order valence-electron chi connectivity index (χ1n) is 8.92. The highest BCUT2D eigenvalue weighted by Gasteiger charge is 2.18. The number of aryl methyl sites for hydroxylation is 1. The summed E-state index contributed by atoms with van der Waals surface area (Å²) in [7, 11) is 3.53. The van der Waals surface area contributed by atoms with Gasteiger partial charge in [-0.15, -0.1) is 0 Å². The summed E-state index contributed by atoms with van der Waals surface area (Å²) in [5, 5.41) is 9.69. The first-order chi connectivity index (χ1) is 13.2. The van der Waals surface area contributed by atoms with Crippen molar-refractivity contribution in [1.82, 2.24) is 24.8 Å². The van der Waals surface area contributed by atoms with Crippen LogP contribution >= 0.6 is 0 Å². The van der Waals surface area contributed by atoms with E-state index in [1.165, 1.54) is 0 Å². The molecule has 0 bridgehead atoms. The van der Waals surface area contributed by atoms with E-state index in [4.69, 9.17) is 4.74 Å². The van der Waals surface area contributed by atoms with Gasteiger partial charge in [0.2, 0.25) is 5.95 Å². The monoisotopic (exact) mass is 365 g/mol. The topological polar surface area (TPSA) is 88.9 Å². The lowest BCUT2D eigenvalue weighted by molar-refractivity contribution is 0.415. The van der Waals surface area contributed by atoms with Crippen LogP contribution in [0.25, 0.3) is 11.3 Å². The maximum Gasteiger partial charge on any atom is 0.229 e. The number of anilines is 3. The Morgan fingerprint density at radius 3 is 2.93 bits per heavy atom. The molecule has 3 heterocycles. The standard InChI is InChI=1S/C19H23N7O/c1-12-8-17(20-2)25-19(23-12)24-13-4-5-16(27-3)14(9-13)15-10-22-18-11-21-6-7-26(15)18/h4-5,8-10,21H,6-7,11H2,1-3H3,(H2,20,23,24,25). The lowest BCUT2D eigenvalue weighted by Crippen LogP contribution is -2.28. The molecule has 1 aromatic carbocycles. The van der Waals surface area contributed by atoms with E-state index in [0.29, 0.717) is 5.95 Å². The predicted molar refractivity (Wildman–Crippen MR) is 106 cm³/mol. The van der Waals surface area contributed by atoms with Crippen LogP contribution in [0, 0.1) is 6.92 Å². The molecular formula is C19H23N7O. The van der Waals surface area contributed by atoms with Gasteiger partial charge in [0, 0.05) is 43.1 Å². The van der Waals surface area contributed by atoms with Gasteiger partial charge in [-0.25, -0.2) is 9.97 Å². The van der Waals surface area contributed by atoms with Gasteiger partial charge in [0.1, 0.15) is 17.4 Å². The maximum atomic E-state index is 5.60. The van der Waals surface area contributed by atoms with Crippen LogP contribution in [0.15, 0.2) is 30.5 Å². The molecule has 0 spiro atoms. The van der Waals surface area contributed by atoms with Crippen LogP contribution in [-0.2, 0) is 13.1 Å². The molecule has 3 N–H and O–H groups in total. The summed E-state index contributed by atoms with van der Waals surface area (Å²) in [6.45, 7) is 4.54. The van der Waals surface area contributed by atoms with E-state index in [-0.39, 0.29) is 0 Å². The predicted octanol–water partition coefficient (Wildman–Crippen LogP) is 2.55. The fourth-order valence-corrected chi connectivity index (χ4v) is 3.28. The SMILES string of the molecule is CNc1cc(C)nc(Nc2ccc(OC)c(-c3cnc4n3CCNC4)c2)n1. The third-order valence-electron chi connectivity index (χ3n) is 4.58. The van der Waals surface area contributed by atoms with Gasteiger partial charge in [-0.05, 0) is 25.1 Å². The number of nitrogens with zero attached hydrogens (tertiary/aromatic N) is 4. The van der Waals surface area contributed by atoms with Gasteiger partial charge in [-0.3, -0.25) is 0 Å². The zero-order chi connectivity index (χ0) is 18.8. The second-order valence-corrected chi connectivity index (χ2v) is 6.40. The molecule has 27 heavy (non-hydrogen) atoms. The highest BCUT2D eigenvalue weighted by atomic mass is 16.5. The van der Waals surface area contributed by atoms with Crippen molar-refractivity contribution in [3.63, 3.8) is 0 Å². The van der Waals surface area contributed by atoms with Crippen molar-refractivity contribution in [2.75, 3.05) is 31.3 Å². The van der Waals surface area contributed by atoms with Gasteiger partial charge < -0.3 is 25.3 Å². The Labute approximate surface area is 158 Å². The normalized spacial score (nSPS) is 13.1. The number of ether oxygens (including phenoxy) is 1. The first kappa shape index (κ1) is 17.3. The van der Waals surface area contributed by atoms with Crippen molar-refractivity contribution < 1.29 is 4.74 Å². The van der Waals surface area contributed by atoms with Crippen LogP contribution in [-0.4, -0.2) is 40.2 Å². The summed E-state index contributed by atoms with van der Waals surface area (Å²) >= 11 is 0. The van der Waals surface area contributed by atoms with Gasteiger partial charge in [-0.2, -0.15) is 4.98 Å². The summed E-state index contributed by atoms with van der Waals surface area (Å²) in [6.07, 6.45) is 1.91. The van der Waals surface area contributed by atoms with E-state index < -0.39 is 0 Å². The first-order valence-corrected chi connectivity index (χ1v) is 8.92. The summed E-state index contributed by atoms with van der Waals surface area (Å²) in [4.78, 5) is 13.5. The summed E-state index contributed by atoms with van der Waals surface area (Å²) in [6, 6.07) is 7.86. The molecule has 2 aromatic heterocycles. The van der Waals surface area contributed by atoms with E-state index in [1.807, 2.05) is 38.4 Å². The third-order valence-corrected chi connectivity index (χ3v) is 4.58. The highest BCUT2D eigenvalue weighted by Crippen LogP contribution is 2.34. The smallest absolute Gasteiger partial charge is 0.229 e. The van der Waals surface area contributed by atoms with Crippen LogP contribution in [0.3, 0.4) is 0 Å². The van der Waals surface area contributed by atoms with Gasteiger partial charge in [-0.1, -0.05) is 0 Å². The number of nitrogens with one attached hydrogen (secondary N) is 3. The Balaban J connectivity index is 1.71. The van der Waals surface area contributed by atoms with E-state index in [1.54, 1.807) is 7.11 Å². The maximum absolute atomic E-state index is 5.60. The number of hydrogen-bond acceptors (Lipinski definition) is 7. The van der Waals surface area contributed by atoms with Crippen LogP contribution in [0.1, 0.15) is 11.5 Å². The summed E-state index contributed by atoms with van der Waals surface area (Å²) < 4.78 is 7.83. The van der Waals surface area contributed by atoms with Gasteiger partial charge in [0.05, 0.1) is 25.5 Å². The molecule has 0 saturated heterocycles. The van der Waals surface area contributed by atoms with Gasteiger partial charge >= 0.3 is 0 Å². The van der Waals surface area contributed by atoms with Crippen LogP contribution in [0.5, 0.6) is 5.75 Å². The van der Waals surface area contributed by atoms with E-state index in [9.17, 15) is 0 Å². The summed E-state index contributed by atoms with van der Waals surface area (Å²) in [5.41, 5.74) is 3.82. The number of imidazole rings is 1. The minimum absolute atomic E-state index is 0.551. The van der Waals surface area contributed by atoms with E-state index in [0.717, 1.165) is 59.7 Å². The van der Waals surface area contributed by atoms with Crippen LogP contribution in [0.2, 0.25) is 0 Å². The molecular weight excluding hydrogens is 342 g/mol. The largest absolute Gasteiger partial charge is 0.496 e. The Morgan fingerprint density at radius 1 is 1.22 bits per heavy atom. The van der Waals surface area contributed by atoms with Gasteiger partial charge in [0.15, 0.2) is 0 Å². The molecule has 0 fully saturated rings. The number of rotatable bonds is 5. The van der Waals surface area contributed by atoms with Crippen molar-refractivity contribution in [3.8, 4) is 17.0 Å². The molecule has 3 aromatic rings. The number of hydrogen-bond donors (Lipinski definition) is 3. The summed E-state index contributed by atoms with van der Waals surface area (Å²) in [5.74, 6) is 3.17. The Bertz CT molecular complexity index is 967. The average molecular weight is 365 g/mol. The number of fused-ring (bicyclic) bond motifs is 1. The third kappa shape index (κ3) is 3.43. The van der Waals surface area contributed by atoms with E-state index in [2.05, 4.69) is 41.5 Å². The van der Waals surface area contributed by atoms with Crippen molar-refractivity contribution in [1.29, 1.82) is 0 Å².